The summed E-state index contributed by atoms with van der Waals surface area (Å²) in [5.41, 5.74) is 3.22. The molecule has 3 rings (SSSR count). The minimum atomic E-state index is -0.0798. The number of amides is 1. The number of aromatic nitrogens is 2. The molecule has 1 amide bonds. The van der Waals surface area contributed by atoms with Crippen LogP contribution in [0.4, 0.5) is 0 Å². The summed E-state index contributed by atoms with van der Waals surface area (Å²) in [6, 6.07) is 16.3. The van der Waals surface area contributed by atoms with Crippen LogP contribution in [0.2, 0.25) is 0 Å². The van der Waals surface area contributed by atoms with Gasteiger partial charge in [-0.25, -0.2) is 4.68 Å². The lowest BCUT2D eigenvalue weighted by molar-refractivity contribution is -0.121. The summed E-state index contributed by atoms with van der Waals surface area (Å²) < 4.78 is 1.44. The zero-order chi connectivity index (χ0) is 19.9. The van der Waals surface area contributed by atoms with Gasteiger partial charge in [-0.2, -0.15) is 5.10 Å². The van der Waals surface area contributed by atoms with Gasteiger partial charge in [0.15, 0.2) is 0 Å². The van der Waals surface area contributed by atoms with Gasteiger partial charge in [-0.05, 0) is 50.8 Å². The van der Waals surface area contributed by atoms with Crippen molar-refractivity contribution >= 4 is 22.7 Å². The molecule has 28 heavy (non-hydrogen) atoms. The van der Waals surface area contributed by atoms with Gasteiger partial charge < -0.3 is 5.32 Å². The number of fused-ring (bicyclic) bond motifs is 1. The molecule has 3 aromatic rings. The number of hydrogen-bond donors (Lipinski definition) is 1. The Morgan fingerprint density at radius 2 is 1.89 bits per heavy atom. The minimum absolute atomic E-state index is 0.00527. The lowest BCUT2D eigenvalue weighted by atomic mass is 10.1. The molecule has 1 heterocycles. The van der Waals surface area contributed by atoms with Gasteiger partial charge in [0.25, 0.3) is 0 Å². The molecule has 5 nitrogen and oxygen atoms in total. The van der Waals surface area contributed by atoms with Gasteiger partial charge in [0.2, 0.25) is 11.8 Å². The predicted molar refractivity (Wildman–Crippen MR) is 111 cm³/mol. The van der Waals surface area contributed by atoms with E-state index in [1.165, 1.54) is 10.2 Å². The van der Waals surface area contributed by atoms with Crippen molar-refractivity contribution in [3.05, 3.63) is 65.9 Å². The maximum absolute atomic E-state index is 12.4. The highest BCUT2D eigenvalue weighted by Gasteiger charge is 2.12. The van der Waals surface area contributed by atoms with Crippen LogP contribution in [0.15, 0.2) is 54.7 Å². The number of aryl methyl sites for hydroxylation is 2. The van der Waals surface area contributed by atoms with Crippen molar-refractivity contribution in [2.24, 2.45) is 0 Å². The Morgan fingerprint density at radius 1 is 1.11 bits per heavy atom. The van der Waals surface area contributed by atoms with Crippen LogP contribution in [-0.2, 0) is 11.2 Å². The van der Waals surface area contributed by atoms with Crippen LogP contribution in [0.5, 0.6) is 0 Å². The van der Waals surface area contributed by atoms with Gasteiger partial charge in [-0.3, -0.25) is 9.59 Å². The van der Waals surface area contributed by atoms with Crippen molar-refractivity contribution in [2.75, 3.05) is 0 Å². The van der Waals surface area contributed by atoms with Gasteiger partial charge in [0, 0.05) is 24.3 Å². The molecule has 0 fully saturated rings. The first-order chi connectivity index (χ1) is 13.5. The average molecular weight is 377 g/mol. The van der Waals surface area contributed by atoms with E-state index in [4.69, 9.17) is 0 Å². The zero-order valence-corrected chi connectivity index (χ0v) is 16.5. The minimum Gasteiger partial charge on any atom is -0.354 e. The Morgan fingerprint density at radius 3 is 2.68 bits per heavy atom. The lowest BCUT2D eigenvalue weighted by Crippen LogP contribution is -2.32. The molecular formula is C23H27N3O2. The first-order valence-corrected chi connectivity index (χ1v) is 9.84. The van der Waals surface area contributed by atoms with Crippen molar-refractivity contribution in [2.45, 2.75) is 52.0 Å². The molecule has 0 unspecified atom stereocenters. The van der Waals surface area contributed by atoms with Gasteiger partial charge in [0.1, 0.15) is 0 Å². The number of nitrogens with zero attached hydrogens (tertiary/aromatic N) is 2. The molecule has 0 saturated carbocycles. The molecular weight excluding hydrogens is 350 g/mol. The number of hydrogen-bond acceptors (Lipinski definition) is 3. The fourth-order valence-corrected chi connectivity index (χ4v) is 3.30. The smallest absolute Gasteiger partial charge is 0.247 e. The highest BCUT2D eigenvalue weighted by Crippen LogP contribution is 2.16. The highest BCUT2D eigenvalue weighted by molar-refractivity contribution is 5.91. The molecule has 0 aliphatic rings. The summed E-state index contributed by atoms with van der Waals surface area (Å²) in [6.45, 7) is 4.03. The molecule has 1 N–H and O–H groups in total. The van der Waals surface area contributed by atoms with Crippen molar-refractivity contribution in [1.29, 1.82) is 0 Å². The average Bonchev–Trinajstić information content (AvgIpc) is 3.10. The molecule has 0 spiro atoms. The van der Waals surface area contributed by atoms with E-state index in [1.54, 1.807) is 6.20 Å². The van der Waals surface area contributed by atoms with E-state index in [0.29, 0.717) is 19.3 Å². The van der Waals surface area contributed by atoms with E-state index in [1.807, 2.05) is 50.2 Å². The fourth-order valence-electron chi connectivity index (χ4n) is 3.30. The lowest BCUT2D eigenvalue weighted by Gasteiger charge is -2.14. The van der Waals surface area contributed by atoms with Crippen LogP contribution in [-0.4, -0.2) is 27.6 Å². The highest BCUT2D eigenvalue weighted by atomic mass is 16.2. The van der Waals surface area contributed by atoms with Crippen LogP contribution in [0.25, 0.3) is 10.9 Å². The Labute approximate surface area is 165 Å². The molecule has 1 aromatic heterocycles. The van der Waals surface area contributed by atoms with Gasteiger partial charge in [0.05, 0.1) is 11.7 Å². The van der Waals surface area contributed by atoms with Crippen molar-refractivity contribution in [3.63, 3.8) is 0 Å². The topological polar surface area (TPSA) is 64.0 Å². The first kappa shape index (κ1) is 19.8. The zero-order valence-electron chi connectivity index (χ0n) is 16.5. The number of benzene rings is 2. The summed E-state index contributed by atoms with van der Waals surface area (Å²) in [5.74, 6) is -0.0851. The van der Waals surface area contributed by atoms with Gasteiger partial charge in [-0.15, -0.1) is 0 Å². The molecule has 0 aliphatic carbocycles. The van der Waals surface area contributed by atoms with Crippen LogP contribution in [0.3, 0.4) is 0 Å². The Bertz CT molecular complexity index is 947. The Balaban J connectivity index is 1.41. The SMILES string of the molecule is Cc1ccc2c(cnn2C(=O)CCCC(=O)N[C@@H](C)CCc2ccccc2)c1. The molecule has 2 aromatic carbocycles. The van der Waals surface area contributed by atoms with Crippen LogP contribution < -0.4 is 5.32 Å². The molecule has 0 saturated heterocycles. The molecule has 0 aliphatic heterocycles. The number of nitrogens with one attached hydrogen (secondary N) is 1. The molecule has 0 radical (unpaired) electrons. The third kappa shape index (κ3) is 5.28. The van der Waals surface area contributed by atoms with Crippen LogP contribution in [0, 0.1) is 6.92 Å². The summed E-state index contributed by atoms with van der Waals surface area (Å²) in [7, 11) is 0. The van der Waals surface area contributed by atoms with E-state index in [2.05, 4.69) is 22.5 Å². The van der Waals surface area contributed by atoms with Crippen LogP contribution in [0.1, 0.15) is 48.5 Å². The van der Waals surface area contributed by atoms with Gasteiger partial charge in [-0.1, -0.05) is 42.0 Å². The third-order valence-electron chi connectivity index (χ3n) is 4.87. The monoisotopic (exact) mass is 377 g/mol. The Hall–Kier alpha value is -2.95. The van der Waals surface area contributed by atoms with Crippen LogP contribution >= 0.6 is 0 Å². The van der Waals surface area contributed by atoms with E-state index < -0.39 is 0 Å². The summed E-state index contributed by atoms with van der Waals surface area (Å²) in [6.07, 6.45) is 4.71. The maximum Gasteiger partial charge on any atom is 0.247 e. The number of rotatable bonds is 8. The number of carbonyl (C=O) groups excluding carboxylic acids is 2. The normalized spacial score (nSPS) is 12.1. The standard InChI is InChI=1S/C23H27N3O2/c1-17-11-14-21-20(15-17)16-24-26(21)23(28)10-6-9-22(27)25-18(2)12-13-19-7-4-3-5-8-19/h3-5,7-8,11,14-16,18H,6,9-10,12-13H2,1-2H3,(H,25,27)/t18-/m0/s1. The second-order valence-corrected chi connectivity index (χ2v) is 7.36. The summed E-state index contributed by atoms with van der Waals surface area (Å²) >= 11 is 0. The molecule has 5 heteroatoms. The van der Waals surface area contributed by atoms with E-state index in [-0.39, 0.29) is 17.9 Å². The Kier molecular flexibility index (Phi) is 6.58. The maximum atomic E-state index is 12.4. The van der Waals surface area contributed by atoms with E-state index in [0.717, 1.165) is 29.3 Å². The van der Waals surface area contributed by atoms with E-state index >= 15 is 0 Å². The van der Waals surface area contributed by atoms with E-state index in [9.17, 15) is 9.59 Å². The third-order valence-corrected chi connectivity index (χ3v) is 4.87. The van der Waals surface area contributed by atoms with Gasteiger partial charge >= 0.3 is 0 Å². The quantitative estimate of drug-likeness (QED) is 0.637. The second-order valence-electron chi connectivity index (χ2n) is 7.36. The predicted octanol–water partition coefficient (Wildman–Crippen LogP) is 4.29. The van der Waals surface area contributed by atoms with Crippen molar-refractivity contribution < 1.29 is 9.59 Å². The number of carbonyl (C=O) groups is 2. The first-order valence-electron chi connectivity index (χ1n) is 9.84. The molecule has 1 atom stereocenters. The molecule has 146 valence electrons. The van der Waals surface area contributed by atoms with Crippen molar-refractivity contribution in [3.8, 4) is 0 Å². The van der Waals surface area contributed by atoms with Crippen molar-refractivity contribution in [1.82, 2.24) is 15.1 Å². The summed E-state index contributed by atoms with van der Waals surface area (Å²) in [5, 5.41) is 8.18. The molecule has 0 bridgehead atoms. The largest absolute Gasteiger partial charge is 0.354 e. The summed E-state index contributed by atoms with van der Waals surface area (Å²) in [4.78, 5) is 24.6. The second kappa shape index (κ2) is 9.31. The fraction of sp³-hybridized carbons (Fsp3) is 0.348.